The van der Waals surface area contributed by atoms with E-state index in [1.54, 1.807) is 17.2 Å². The molecular formula is C11H13N3O2S2. The van der Waals surface area contributed by atoms with Gasteiger partial charge in [-0.3, -0.25) is 9.69 Å². The van der Waals surface area contributed by atoms with Gasteiger partial charge in [-0.25, -0.2) is 4.98 Å². The van der Waals surface area contributed by atoms with Crippen molar-refractivity contribution in [1.82, 2.24) is 9.88 Å². The zero-order valence-electron chi connectivity index (χ0n) is 9.65. The fourth-order valence-electron chi connectivity index (χ4n) is 1.55. The zero-order chi connectivity index (χ0) is 13.0. The second kappa shape index (κ2) is 6.12. The smallest absolute Gasteiger partial charge is 0.242 e. The summed E-state index contributed by atoms with van der Waals surface area (Å²) in [6.45, 7) is 4.07. The van der Waals surface area contributed by atoms with Crippen molar-refractivity contribution in [2.24, 2.45) is 4.99 Å². The van der Waals surface area contributed by atoms with Gasteiger partial charge in [0.05, 0.1) is 5.25 Å². The number of amidine groups is 1. The normalized spacial score (nSPS) is 21.8. The first-order valence-corrected chi connectivity index (χ1v) is 7.20. The summed E-state index contributed by atoms with van der Waals surface area (Å²) in [7, 11) is 0. The van der Waals surface area contributed by atoms with E-state index in [9.17, 15) is 4.79 Å². The van der Waals surface area contributed by atoms with E-state index in [0.717, 1.165) is 0 Å². The van der Waals surface area contributed by atoms with Crippen LogP contribution in [-0.2, 0) is 4.79 Å². The standard InChI is InChI=1S/C11H13N3O2S2/c1-2-5-14-9(16)8(3-6-15)18-11(14)13-10-12-4-7-17-10/h2,4,7-8,15H,1,3,5-6H2/t8-/m1/s1. The molecule has 0 aromatic carbocycles. The highest BCUT2D eigenvalue weighted by Crippen LogP contribution is 2.31. The minimum Gasteiger partial charge on any atom is -0.396 e. The number of hydrogen-bond donors (Lipinski definition) is 1. The van der Waals surface area contributed by atoms with Crippen molar-refractivity contribution in [3.8, 4) is 0 Å². The molecule has 0 saturated carbocycles. The fraction of sp³-hybridized carbons (Fsp3) is 0.364. The van der Waals surface area contributed by atoms with Crippen LogP contribution in [0.3, 0.4) is 0 Å². The van der Waals surface area contributed by atoms with Crippen LogP contribution in [0.1, 0.15) is 6.42 Å². The van der Waals surface area contributed by atoms with Gasteiger partial charge in [0.2, 0.25) is 11.0 Å². The van der Waals surface area contributed by atoms with E-state index in [-0.39, 0.29) is 17.8 Å². The minimum absolute atomic E-state index is 0.00410. The summed E-state index contributed by atoms with van der Waals surface area (Å²) in [6, 6.07) is 0. The van der Waals surface area contributed by atoms with Crippen molar-refractivity contribution in [3.63, 3.8) is 0 Å². The lowest BCUT2D eigenvalue weighted by molar-refractivity contribution is -0.126. The number of aromatic nitrogens is 1. The van der Waals surface area contributed by atoms with Gasteiger partial charge in [0.15, 0.2) is 5.17 Å². The third-order valence-electron chi connectivity index (χ3n) is 2.33. The van der Waals surface area contributed by atoms with Crippen LogP contribution in [0.4, 0.5) is 5.13 Å². The Morgan fingerprint density at radius 3 is 3.11 bits per heavy atom. The van der Waals surface area contributed by atoms with E-state index in [2.05, 4.69) is 16.6 Å². The molecule has 18 heavy (non-hydrogen) atoms. The highest BCUT2D eigenvalue weighted by atomic mass is 32.2. The molecule has 1 fully saturated rings. The van der Waals surface area contributed by atoms with Gasteiger partial charge in [0.25, 0.3) is 0 Å². The average Bonchev–Trinajstić information content (AvgIpc) is 2.95. The molecule has 0 radical (unpaired) electrons. The van der Waals surface area contributed by atoms with Crippen LogP contribution >= 0.6 is 23.1 Å². The Balaban J connectivity index is 2.22. The van der Waals surface area contributed by atoms with E-state index in [1.807, 2.05) is 5.38 Å². The van der Waals surface area contributed by atoms with Gasteiger partial charge in [-0.15, -0.1) is 17.9 Å². The molecule has 1 N–H and O–H groups in total. The molecular weight excluding hydrogens is 270 g/mol. The molecule has 1 atom stereocenters. The largest absolute Gasteiger partial charge is 0.396 e. The lowest BCUT2D eigenvalue weighted by Crippen LogP contribution is -2.32. The molecule has 1 aliphatic heterocycles. The van der Waals surface area contributed by atoms with Crippen molar-refractivity contribution < 1.29 is 9.90 Å². The minimum atomic E-state index is -0.256. The predicted octanol–water partition coefficient (Wildman–Crippen LogP) is 1.64. The Hall–Kier alpha value is -1.18. The van der Waals surface area contributed by atoms with E-state index in [0.29, 0.717) is 23.3 Å². The maximum absolute atomic E-state index is 12.1. The number of carbonyl (C=O) groups excluding carboxylic acids is 1. The Morgan fingerprint density at radius 2 is 2.50 bits per heavy atom. The molecule has 2 rings (SSSR count). The number of hydrogen-bond acceptors (Lipinski definition) is 6. The SMILES string of the molecule is C=CCN1C(=O)[C@@H](CCO)SC1=Nc1nccs1. The summed E-state index contributed by atoms with van der Waals surface area (Å²) in [4.78, 5) is 22.1. The van der Waals surface area contributed by atoms with Crippen LogP contribution in [0.5, 0.6) is 0 Å². The Bertz CT molecular complexity index is 459. The number of aliphatic imine (C=N–C) groups is 1. The van der Waals surface area contributed by atoms with Gasteiger partial charge >= 0.3 is 0 Å². The number of nitrogens with zero attached hydrogens (tertiary/aromatic N) is 3. The molecule has 1 saturated heterocycles. The van der Waals surface area contributed by atoms with E-state index < -0.39 is 0 Å². The molecule has 96 valence electrons. The summed E-state index contributed by atoms with van der Waals surface area (Å²) in [5, 5.41) is 11.8. The van der Waals surface area contributed by atoms with E-state index in [4.69, 9.17) is 5.11 Å². The van der Waals surface area contributed by atoms with Gasteiger partial charge < -0.3 is 5.11 Å². The number of rotatable bonds is 5. The molecule has 1 aromatic heterocycles. The summed E-state index contributed by atoms with van der Waals surface area (Å²) in [5.41, 5.74) is 0. The second-order valence-electron chi connectivity index (χ2n) is 3.57. The first-order chi connectivity index (χ1) is 8.76. The lowest BCUT2D eigenvalue weighted by atomic mass is 10.3. The number of amides is 1. The highest BCUT2D eigenvalue weighted by Gasteiger charge is 2.36. The van der Waals surface area contributed by atoms with Gasteiger partial charge in [-0.2, -0.15) is 4.99 Å². The highest BCUT2D eigenvalue weighted by molar-refractivity contribution is 8.15. The van der Waals surface area contributed by atoms with Gasteiger partial charge in [-0.1, -0.05) is 17.8 Å². The Kier molecular flexibility index (Phi) is 4.51. The van der Waals surface area contributed by atoms with E-state index >= 15 is 0 Å². The van der Waals surface area contributed by atoms with Crippen LogP contribution in [0.2, 0.25) is 0 Å². The first kappa shape index (κ1) is 13.3. The third kappa shape index (κ3) is 2.80. The Labute approximate surface area is 113 Å². The first-order valence-electron chi connectivity index (χ1n) is 5.44. The maximum atomic E-state index is 12.1. The van der Waals surface area contributed by atoms with Crippen molar-refractivity contribution in [3.05, 3.63) is 24.2 Å². The molecule has 1 aromatic rings. The van der Waals surface area contributed by atoms with Crippen LogP contribution < -0.4 is 0 Å². The van der Waals surface area contributed by atoms with E-state index in [1.165, 1.54) is 23.1 Å². The van der Waals surface area contributed by atoms with Gasteiger partial charge in [-0.05, 0) is 6.42 Å². The van der Waals surface area contributed by atoms with Crippen LogP contribution in [0.15, 0.2) is 29.2 Å². The number of thiazole rings is 1. The van der Waals surface area contributed by atoms with Crippen LogP contribution in [-0.4, -0.2) is 44.5 Å². The fourth-order valence-corrected chi connectivity index (χ4v) is 3.24. The quantitative estimate of drug-likeness (QED) is 0.834. The number of carbonyl (C=O) groups is 1. The second-order valence-corrected chi connectivity index (χ2v) is 5.61. The summed E-state index contributed by atoms with van der Waals surface area (Å²) in [5.74, 6) is -0.0238. The topological polar surface area (TPSA) is 65.8 Å². The van der Waals surface area contributed by atoms with Crippen LogP contribution in [0, 0.1) is 0 Å². The van der Waals surface area contributed by atoms with Crippen molar-refractivity contribution in [1.29, 1.82) is 0 Å². The molecule has 0 aliphatic carbocycles. The molecule has 0 unspecified atom stereocenters. The summed E-state index contributed by atoms with van der Waals surface area (Å²) >= 11 is 2.80. The summed E-state index contributed by atoms with van der Waals surface area (Å²) < 4.78 is 0. The molecule has 0 bridgehead atoms. The predicted molar refractivity (Wildman–Crippen MR) is 74.2 cm³/mol. The summed E-state index contributed by atoms with van der Waals surface area (Å²) in [6.07, 6.45) is 3.78. The maximum Gasteiger partial charge on any atom is 0.242 e. The molecule has 0 spiro atoms. The molecule has 5 nitrogen and oxygen atoms in total. The molecule has 7 heteroatoms. The molecule has 2 heterocycles. The third-order valence-corrected chi connectivity index (χ3v) is 4.24. The number of aliphatic hydroxyl groups is 1. The lowest BCUT2D eigenvalue weighted by Gasteiger charge is -2.12. The van der Waals surface area contributed by atoms with Gasteiger partial charge in [0, 0.05) is 24.7 Å². The molecule has 1 amide bonds. The van der Waals surface area contributed by atoms with Crippen molar-refractivity contribution in [2.45, 2.75) is 11.7 Å². The van der Waals surface area contributed by atoms with Crippen molar-refractivity contribution in [2.75, 3.05) is 13.2 Å². The van der Waals surface area contributed by atoms with Gasteiger partial charge in [0.1, 0.15) is 0 Å². The van der Waals surface area contributed by atoms with Crippen molar-refractivity contribution >= 4 is 39.3 Å². The monoisotopic (exact) mass is 283 g/mol. The zero-order valence-corrected chi connectivity index (χ0v) is 11.3. The number of aliphatic hydroxyl groups excluding tert-OH is 1. The Morgan fingerprint density at radius 1 is 1.67 bits per heavy atom. The molecule has 1 aliphatic rings. The number of thioether (sulfide) groups is 1. The average molecular weight is 283 g/mol. The van der Waals surface area contributed by atoms with Crippen LogP contribution in [0.25, 0.3) is 0 Å².